The molecule has 2 N–H and O–H groups in total. The van der Waals surface area contributed by atoms with E-state index in [0.29, 0.717) is 0 Å². The maximum atomic E-state index is 6.21. The second kappa shape index (κ2) is 6.49. The Morgan fingerprint density at radius 3 is 2.00 bits per heavy atom. The van der Waals surface area contributed by atoms with E-state index in [0.717, 1.165) is 18.9 Å². The first kappa shape index (κ1) is 14.9. The van der Waals surface area contributed by atoms with Crippen LogP contribution in [0.2, 0.25) is 0 Å². The van der Waals surface area contributed by atoms with Crippen molar-refractivity contribution in [2.45, 2.75) is 66.5 Å². The Morgan fingerprint density at radius 2 is 1.67 bits per heavy atom. The highest BCUT2D eigenvalue weighted by atomic mass is 16.5. The van der Waals surface area contributed by atoms with Crippen molar-refractivity contribution in [3.8, 4) is 0 Å². The fourth-order valence-corrected chi connectivity index (χ4v) is 1.87. The number of hydrogen-bond acceptors (Lipinski definition) is 2. The summed E-state index contributed by atoms with van der Waals surface area (Å²) in [6.07, 6.45) is 2.40. The molecule has 0 aliphatic heterocycles. The van der Waals surface area contributed by atoms with E-state index < -0.39 is 0 Å². The van der Waals surface area contributed by atoms with Gasteiger partial charge in [0.25, 0.3) is 0 Å². The van der Waals surface area contributed by atoms with E-state index >= 15 is 0 Å². The van der Waals surface area contributed by atoms with Crippen molar-refractivity contribution in [2.75, 3.05) is 6.61 Å². The van der Waals surface area contributed by atoms with E-state index in [4.69, 9.17) is 10.5 Å². The summed E-state index contributed by atoms with van der Waals surface area (Å²) < 4.78 is 5.78. The van der Waals surface area contributed by atoms with Gasteiger partial charge in [-0.2, -0.15) is 0 Å². The van der Waals surface area contributed by atoms with Crippen molar-refractivity contribution in [3.05, 3.63) is 0 Å². The van der Waals surface area contributed by atoms with Gasteiger partial charge < -0.3 is 10.5 Å². The zero-order valence-electron chi connectivity index (χ0n) is 11.3. The molecule has 0 saturated carbocycles. The normalized spacial score (nSPS) is 16.8. The molecule has 0 aromatic heterocycles. The molecule has 15 heavy (non-hydrogen) atoms. The summed E-state index contributed by atoms with van der Waals surface area (Å²) in [6, 6.07) is 0.160. The molecule has 0 saturated heterocycles. The van der Waals surface area contributed by atoms with Crippen LogP contribution >= 0.6 is 0 Å². The van der Waals surface area contributed by atoms with Gasteiger partial charge in [-0.15, -0.1) is 0 Å². The van der Waals surface area contributed by atoms with Crippen LogP contribution in [-0.2, 0) is 4.74 Å². The Balaban J connectivity index is 4.23. The summed E-state index contributed by atoms with van der Waals surface area (Å²) in [7, 11) is 0. The predicted octanol–water partition coefficient (Wildman–Crippen LogP) is 3.20. The van der Waals surface area contributed by atoms with E-state index in [1.54, 1.807) is 0 Å². The van der Waals surface area contributed by atoms with Gasteiger partial charge in [0.15, 0.2) is 0 Å². The molecular formula is C13H29NO. The summed E-state index contributed by atoms with van der Waals surface area (Å²) in [4.78, 5) is 0. The lowest BCUT2D eigenvalue weighted by molar-refractivity contribution is -0.0299. The van der Waals surface area contributed by atoms with Crippen molar-refractivity contribution in [1.82, 2.24) is 0 Å². The molecule has 0 radical (unpaired) electrons. The Bertz CT molecular complexity index is 160. The lowest BCUT2D eigenvalue weighted by Crippen LogP contribution is -2.45. The quantitative estimate of drug-likeness (QED) is 0.738. The zero-order valence-corrected chi connectivity index (χ0v) is 11.3. The average Bonchev–Trinajstić information content (AvgIpc) is 2.08. The van der Waals surface area contributed by atoms with Crippen molar-refractivity contribution in [1.29, 1.82) is 0 Å². The maximum Gasteiger partial charge on any atom is 0.0773 e. The fourth-order valence-electron chi connectivity index (χ4n) is 1.87. The third kappa shape index (κ3) is 6.16. The number of ether oxygens (including phenoxy) is 1. The van der Waals surface area contributed by atoms with Gasteiger partial charge >= 0.3 is 0 Å². The molecule has 0 fully saturated rings. The first-order valence-corrected chi connectivity index (χ1v) is 6.16. The van der Waals surface area contributed by atoms with Crippen LogP contribution in [0.15, 0.2) is 0 Å². The van der Waals surface area contributed by atoms with Gasteiger partial charge in [0, 0.05) is 12.6 Å². The smallest absolute Gasteiger partial charge is 0.0773 e. The molecule has 0 heterocycles. The van der Waals surface area contributed by atoms with E-state index in [2.05, 4.69) is 34.6 Å². The summed E-state index contributed by atoms with van der Waals surface area (Å²) >= 11 is 0. The summed E-state index contributed by atoms with van der Waals surface area (Å²) in [6.45, 7) is 13.8. The molecule has 0 aliphatic carbocycles. The lowest BCUT2D eigenvalue weighted by atomic mass is 9.82. The molecule has 2 unspecified atom stereocenters. The minimum Gasteiger partial charge on any atom is -0.376 e. The van der Waals surface area contributed by atoms with Gasteiger partial charge in [0.05, 0.1) is 6.10 Å². The van der Waals surface area contributed by atoms with Crippen LogP contribution in [0.1, 0.15) is 54.4 Å². The van der Waals surface area contributed by atoms with E-state index in [9.17, 15) is 0 Å². The maximum absolute atomic E-state index is 6.21. The van der Waals surface area contributed by atoms with Crippen molar-refractivity contribution < 1.29 is 4.74 Å². The molecule has 92 valence electrons. The molecule has 2 atom stereocenters. The third-order valence-corrected chi connectivity index (χ3v) is 2.67. The van der Waals surface area contributed by atoms with Gasteiger partial charge in [0.1, 0.15) is 0 Å². The summed E-state index contributed by atoms with van der Waals surface area (Å²) in [5.74, 6) is 0.721. The minimum atomic E-state index is 0.131. The van der Waals surface area contributed by atoms with Crippen LogP contribution in [0.3, 0.4) is 0 Å². The van der Waals surface area contributed by atoms with E-state index in [1.165, 1.54) is 6.42 Å². The van der Waals surface area contributed by atoms with E-state index in [-0.39, 0.29) is 17.6 Å². The van der Waals surface area contributed by atoms with Crippen LogP contribution < -0.4 is 5.73 Å². The van der Waals surface area contributed by atoms with E-state index in [1.807, 2.05) is 6.92 Å². The Hall–Kier alpha value is -0.0800. The van der Waals surface area contributed by atoms with Crippen molar-refractivity contribution in [3.63, 3.8) is 0 Å². The van der Waals surface area contributed by atoms with Crippen LogP contribution in [0, 0.1) is 11.3 Å². The highest BCUT2D eigenvalue weighted by Gasteiger charge is 2.30. The average molecular weight is 215 g/mol. The van der Waals surface area contributed by atoms with Gasteiger partial charge in [-0.3, -0.25) is 0 Å². The van der Waals surface area contributed by atoms with Crippen LogP contribution in [0.25, 0.3) is 0 Å². The molecule has 0 rings (SSSR count). The van der Waals surface area contributed by atoms with Crippen LogP contribution in [0.5, 0.6) is 0 Å². The first-order chi connectivity index (χ1) is 6.79. The monoisotopic (exact) mass is 215 g/mol. The standard InChI is InChI=1S/C13H29NO/c1-7-15-12(13(4,5)6)11(14)9-8-10(2)3/h10-12H,7-9,14H2,1-6H3. The Morgan fingerprint density at radius 1 is 1.13 bits per heavy atom. The number of hydrogen-bond donors (Lipinski definition) is 1. The first-order valence-electron chi connectivity index (χ1n) is 6.16. The third-order valence-electron chi connectivity index (χ3n) is 2.67. The highest BCUT2D eigenvalue weighted by molar-refractivity contribution is 4.84. The van der Waals surface area contributed by atoms with Crippen LogP contribution in [-0.4, -0.2) is 18.8 Å². The van der Waals surface area contributed by atoms with Gasteiger partial charge in [-0.25, -0.2) is 0 Å². The number of rotatable bonds is 6. The lowest BCUT2D eigenvalue weighted by Gasteiger charge is -2.35. The SMILES string of the molecule is CCOC(C(N)CCC(C)C)C(C)(C)C. The molecule has 0 aromatic rings. The molecule has 2 nitrogen and oxygen atoms in total. The molecule has 0 amide bonds. The molecule has 0 aromatic carbocycles. The molecule has 0 bridgehead atoms. The Kier molecular flexibility index (Phi) is 6.46. The van der Waals surface area contributed by atoms with Crippen molar-refractivity contribution >= 4 is 0 Å². The highest BCUT2D eigenvalue weighted by Crippen LogP contribution is 2.26. The summed E-state index contributed by atoms with van der Waals surface area (Å²) in [5, 5.41) is 0. The number of nitrogens with two attached hydrogens (primary N) is 1. The molecule has 0 spiro atoms. The molecule has 0 aliphatic rings. The summed E-state index contributed by atoms with van der Waals surface area (Å²) in [5.41, 5.74) is 6.34. The Labute approximate surface area is 95.6 Å². The van der Waals surface area contributed by atoms with Gasteiger partial charge in [-0.1, -0.05) is 34.6 Å². The molecule has 2 heteroatoms. The second-order valence-electron chi connectivity index (χ2n) is 5.88. The molecular weight excluding hydrogens is 186 g/mol. The van der Waals surface area contributed by atoms with Crippen LogP contribution in [0.4, 0.5) is 0 Å². The largest absolute Gasteiger partial charge is 0.376 e. The second-order valence-corrected chi connectivity index (χ2v) is 5.88. The fraction of sp³-hybridized carbons (Fsp3) is 1.00. The predicted molar refractivity (Wildman–Crippen MR) is 66.9 cm³/mol. The van der Waals surface area contributed by atoms with Gasteiger partial charge in [0.2, 0.25) is 0 Å². The van der Waals surface area contributed by atoms with Gasteiger partial charge in [-0.05, 0) is 31.1 Å². The van der Waals surface area contributed by atoms with Crippen molar-refractivity contribution in [2.24, 2.45) is 17.1 Å². The minimum absolute atomic E-state index is 0.131. The topological polar surface area (TPSA) is 35.2 Å². The zero-order chi connectivity index (χ0) is 12.1.